The molecule has 2 heterocycles. The fourth-order valence-electron chi connectivity index (χ4n) is 2.30. The lowest BCUT2D eigenvalue weighted by atomic mass is 10.1. The van der Waals surface area contributed by atoms with Crippen LogP contribution in [0.5, 0.6) is 0 Å². The standard InChI is InChI=1S/C18H18FN3O2S/c1-11-12(2)24-17(21-11)9-20-16(23)8-15-10-25-18(22-15)7-13-3-5-14(19)6-4-13/h3-6,10H,7-9H2,1-2H3,(H,20,23). The molecule has 0 aliphatic carbocycles. The smallest absolute Gasteiger partial charge is 0.226 e. The summed E-state index contributed by atoms with van der Waals surface area (Å²) in [6.07, 6.45) is 0.833. The van der Waals surface area contributed by atoms with Crippen LogP contribution in [0.25, 0.3) is 0 Å². The van der Waals surface area contributed by atoms with Crippen LogP contribution in [0.4, 0.5) is 4.39 Å². The Morgan fingerprint density at radius 2 is 2.00 bits per heavy atom. The van der Waals surface area contributed by atoms with Crippen LogP contribution in [0, 0.1) is 19.7 Å². The van der Waals surface area contributed by atoms with Gasteiger partial charge < -0.3 is 9.73 Å². The number of benzene rings is 1. The molecule has 0 aliphatic heterocycles. The molecule has 25 heavy (non-hydrogen) atoms. The van der Waals surface area contributed by atoms with Crippen molar-refractivity contribution in [3.63, 3.8) is 0 Å². The number of nitrogens with zero attached hydrogens (tertiary/aromatic N) is 2. The van der Waals surface area contributed by atoms with E-state index >= 15 is 0 Å². The molecule has 0 saturated heterocycles. The van der Waals surface area contributed by atoms with Crippen molar-refractivity contribution in [1.82, 2.24) is 15.3 Å². The fraction of sp³-hybridized carbons (Fsp3) is 0.278. The van der Waals surface area contributed by atoms with Crippen LogP contribution >= 0.6 is 11.3 Å². The average Bonchev–Trinajstić information content (AvgIpc) is 3.14. The zero-order valence-corrected chi connectivity index (χ0v) is 14.8. The summed E-state index contributed by atoms with van der Waals surface area (Å²) in [5.74, 6) is 0.872. The van der Waals surface area contributed by atoms with Gasteiger partial charge in [-0.25, -0.2) is 14.4 Å². The summed E-state index contributed by atoms with van der Waals surface area (Å²) in [4.78, 5) is 20.7. The first-order chi connectivity index (χ1) is 12.0. The van der Waals surface area contributed by atoms with E-state index in [0.717, 1.165) is 27.7 Å². The van der Waals surface area contributed by atoms with Crippen LogP contribution in [-0.2, 0) is 24.2 Å². The quantitative estimate of drug-likeness (QED) is 0.733. The molecule has 1 aromatic carbocycles. The molecule has 0 saturated carbocycles. The van der Waals surface area contributed by atoms with Crippen LogP contribution in [0.2, 0.25) is 0 Å². The number of carbonyl (C=O) groups is 1. The number of rotatable bonds is 6. The van der Waals surface area contributed by atoms with Crippen molar-refractivity contribution < 1.29 is 13.6 Å². The van der Waals surface area contributed by atoms with Gasteiger partial charge in [0.15, 0.2) is 0 Å². The Morgan fingerprint density at radius 3 is 2.68 bits per heavy atom. The van der Waals surface area contributed by atoms with E-state index in [1.165, 1.54) is 23.5 Å². The van der Waals surface area contributed by atoms with E-state index in [1.807, 2.05) is 19.2 Å². The molecule has 0 bridgehead atoms. The zero-order chi connectivity index (χ0) is 17.8. The number of aromatic nitrogens is 2. The monoisotopic (exact) mass is 359 g/mol. The molecule has 0 fully saturated rings. The third-order valence-electron chi connectivity index (χ3n) is 3.72. The van der Waals surface area contributed by atoms with Gasteiger partial charge in [0.05, 0.1) is 29.4 Å². The summed E-state index contributed by atoms with van der Waals surface area (Å²) < 4.78 is 18.4. The predicted molar refractivity (Wildman–Crippen MR) is 92.8 cm³/mol. The van der Waals surface area contributed by atoms with Crippen molar-refractivity contribution in [2.24, 2.45) is 0 Å². The second-order valence-electron chi connectivity index (χ2n) is 5.74. The fourth-order valence-corrected chi connectivity index (χ4v) is 3.13. The number of carbonyl (C=O) groups excluding carboxylic acids is 1. The van der Waals surface area contributed by atoms with Gasteiger partial charge in [-0.15, -0.1) is 11.3 Å². The van der Waals surface area contributed by atoms with Crippen molar-refractivity contribution in [1.29, 1.82) is 0 Å². The van der Waals surface area contributed by atoms with Gasteiger partial charge in [-0.1, -0.05) is 12.1 Å². The Bertz CT molecular complexity index is 851. The maximum atomic E-state index is 12.9. The highest BCUT2D eigenvalue weighted by molar-refractivity contribution is 7.09. The molecule has 0 unspecified atom stereocenters. The molecule has 5 nitrogen and oxygen atoms in total. The number of aryl methyl sites for hydroxylation is 2. The summed E-state index contributed by atoms with van der Waals surface area (Å²) in [6.45, 7) is 3.97. The summed E-state index contributed by atoms with van der Waals surface area (Å²) in [5.41, 5.74) is 2.54. The van der Waals surface area contributed by atoms with Gasteiger partial charge in [-0.05, 0) is 31.5 Å². The van der Waals surface area contributed by atoms with E-state index in [4.69, 9.17) is 4.42 Å². The molecular formula is C18H18FN3O2S. The maximum absolute atomic E-state index is 12.9. The Labute approximate surface area is 148 Å². The number of halogens is 1. The number of thiazole rings is 1. The van der Waals surface area contributed by atoms with Crippen LogP contribution in [0.15, 0.2) is 34.1 Å². The summed E-state index contributed by atoms with van der Waals surface area (Å²) >= 11 is 1.49. The van der Waals surface area contributed by atoms with Crippen molar-refractivity contribution in [2.75, 3.05) is 0 Å². The SMILES string of the molecule is Cc1nc(CNC(=O)Cc2csc(Cc3ccc(F)cc3)n2)oc1C. The Kier molecular flexibility index (Phi) is 5.23. The lowest BCUT2D eigenvalue weighted by Gasteiger charge is -2.01. The average molecular weight is 359 g/mol. The summed E-state index contributed by atoms with van der Waals surface area (Å²) in [7, 11) is 0. The van der Waals surface area contributed by atoms with E-state index < -0.39 is 0 Å². The Hall–Kier alpha value is -2.54. The molecule has 0 aliphatic rings. The van der Waals surface area contributed by atoms with Gasteiger partial charge in [-0.2, -0.15) is 0 Å². The van der Waals surface area contributed by atoms with E-state index in [1.54, 1.807) is 12.1 Å². The number of nitrogens with one attached hydrogen (secondary N) is 1. The maximum Gasteiger partial charge on any atom is 0.226 e. The molecule has 0 atom stereocenters. The molecule has 7 heteroatoms. The van der Waals surface area contributed by atoms with Crippen molar-refractivity contribution in [2.45, 2.75) is 33.2 Å². The second kappa shape index (κ2) is 7.57. The third kappa shape index (κ3) is 4.73. The Balaban J connectivity index is 1.51. The van der Waals surface area contributed by atoms with Gasteiger partial charge in [0.25, 0.3) is 0 Å². The normalized spacial score (nSPS) is 10.8. The summed E-state index contributed by atoms with van der Waals surface area (Å²) in [6, 6.07) is 6.35. The Morgan fingerprint density at radius 1 is 1.24 bits per heavy atom. The molecule has 0 radical (unpaired) electrons. The van der Waals surface area contributed by atoms with Crippen LogP contribution in [0.3, 0.4) is 0 Å². The van der Waals surface area contributed by atoms with Crippen LogP contribution in [0.1, 0.15) is 33.6 Å². The van der Waals surface area contributed by atoms with E-state index in [2.05, 4.69) is 15.3 Å². The summed E-state index contributed by atoms with van der Waals surface area (Å²) in [5, 5.41) is 5.55. The number of amides is 1. The minimum Gasteiger partial charge on any atom is -0.444 e. The van der Waals surface area contributed by atoms with Gasteiger partial charge in [0.1, 0.15) is 11.6 Å². The molecule has 3 rings (SSSR count). The van der Waals surface area contributed by atoms with Gasteiger partial charge >= 0.3 is 0 Å². The van der Waals surface area contributed by atoms with Gasteiger partial charge in [-0.3, -0.25) is 4.79 Å². The lowest BCUT2D eigenvalue weighted by molar-refractivity contribution is -0.120. The second-order valence-corrected chi connectivity index (χ2v) is 6.68. The molecule has 130 valence electrons. The highest BCUT2D eigenvalue weighted by Gasteiger charge is 2.11. The highest BCUT2D eigenvalue weighted by Crippen LogP contribution is 2.16. The number of oxazole rings is 1. The number of hydrogen-bond donors (Lipinski definition) is 1. The van der Waals surface area contributed by atoms with E-state index in [9.17, 15) is 9.18 Å². The number of hydrogen-bond acceptors (Lipinski definition) is 5. The highest BCUT2D eigenvalue weighted by atomic mass is 32.1. The lowest BCUT2D eigenvalue weighted by Crippen LogP contribution is -2.24. The molecular weight excluding hydrogens is 341 g/mol. The zero-order valence-electron chi connectivity index (χ0n) is 14.0. The molecule has 2 aromatic heterocycles. The van der Waals surface area contributed by atoms with Crippen LogP contribution < -0.4 is 5.32 Å². The first-order valence-electron chi connectivity index (χ1n) is 7.87. The van der Waals surface area contributed by atoms with Gasteiger partial charge in [0.2, 0.25) is 11.8 Å². The first kappa shape index (κ1) is 17.3. The molecule has 1 amide bonds. The minimum absolute atomic E-state index is 0.132. The van der Waals surface area contributed by atoms with E-state index in [0.29, 0.717) is 12.3 Å². The molecule has 1 N–H and O–H groups in total. The van der Waals surface area contributed by atoms with Crippen LogP contribution in [-0.4, -0.2) is 15.9 Å². The largest absolute Gasteiger partial charge is 0.444 e. The molecule has 0 spiro atoms. The van der Waals surface area contributed by atoms with Gasteiger partial charge in [0, 0.05) is 11.8 Å². The predicted octanol–water partition coefficient (Wildman–Crippen LogP) is 3.34. The van der Waals surface area contributed by atoms with Crippen molar-refractivity contribution >= 4 is 17.2 Å². The van der Waals surface area contributed by atoms with E-state index in [-0.39, 0.29) is 24.7 Å². The minimum atomic E-state index is -0.253. The topological polar surface area (TPSA) is 68.0 Å². The molecule has 3 aromatic rings. The third-order valence-corrected chi connectivity index (χ3v) is 4.62. The first-order valence-corrected chi connectivity index (χ1v) is 8.75. The van der Waals surface area contributed by atoms with Crippen molar-refractivity contribution in [3.8, 4) is 0 Å². The van der Waals surface area contributed by atoms with Crippen molar-refractivity contribution in [3.05, 3.63) is 69.1 Å².